The topological polar surface area (TPSA) is 95.9 Å². The zero-order valence-corrected chi connectivity index (χ0v) is 19.4. The first-order valence-corrected chi connectivity index (χ1v) is 12.5. The van der Waals surface area contributed by atoms with Crippen LogP contribution >= 0.6 is 23.1 Å². The van der Waals surface area contributed by atoms with E-state index < -0.39 is 5.92 Å². The predicted molar refractivity (Wildman–Crippen MR) is 130 cm³/mol. The largest absolute Gasteiger partial charge is 0.384 e. The summed E-state index contributed by atoms with van der Waals surface area (Å²) in [5.41, 5.74) is 10.6. The number of thioether (sulfide) groups is 1. The summed E-state index contributed by atoms with van der Waals surface area (Å²) in [5, 5.41) is 19.4. The van der Waals surface area contributed by atoms with Gasteiger partial charge in [0.05, 0.1) is 17.6 Å². The number of carbonyl (C=O) groups excluding carboxylic acids is 1. The highest BCUT2D eigenvalue weighted by molar-refractivity contribution is 8.00. The third kappa shape index (κ3) is 4.06. The van der Waals surface area contributed by atoms with E-state index in [-0.39, 0.29) is 5.78 Å². The van der Waals surface area contributed by atoms with Gasteiger partial charge in [-0.05, 0) is 24.0 Å². The average molecular weight is 472 g/mol. The van der Waals surface area contributed by atoms with Crippen molar-refractivity contribution in [1.82, 2.24) is 10.2 Å². The van der Waals surface area contributed by atoms with E-state index in [0.717, 1.165) is 27.8 Å². The van der Waals surface area contributed by atoms with Crippen molar-refractivity contribution in [3.63, 3.8) is 0 Å². The van der Waals surface area contributed by atoms with Gasteiger partial charge in [-0.2, -0.15) is 5.26 Å². The second-order valence-corrected chi connectivity index (χ2v) is 10.0. The van der Waals surface area contributed by atoms with Crippen molar-refractivity contribution in [2.24, 2.45) is 5.73 Å². The van der Waals surface area contributed by atoms with Gasteiger partial charge in [-0.15, -0.1) is 10.2 Å². The van der Waals surface area contributed by atoms with Crippen molar-refractivity contribution in [3.05, 3.63) is 94.5 Å². The smallest absolute Gasteiger partial charge is 0.219 e. The second kappa shape index (κ2) is 9.22. The van der Waals surface area contributed by atoms with E-state index in [0.29, 0.717) is 34.9 Å². The molecule has 0 spiro atoms. The highest BCUT2D eigenvalue weighted by Crippen LogP contribution is 2.47. The van der Waals surface area contributed by atoms with E-state index in [4.69, 9.17) is 5.73 Å². The van der Waals surface area contributed by atoms with Crippen LogP contribution in [0.2, 0.25) is 0 Å². The summed E-state index contributed by atoms with van der Waals surface area (Å²) in [7, 11) is 0. The molecule has 8 heteroatoms. The Labute approximate surface area is 200 Å². The van der Waals surface area contributed by atoms with Crippen LogP contribution in [0.1, 0.15) is 36.3 Å². The molecule has 2 heterocycles. The Bertz CT molecular complexity index is 1290. The molecule has 2 aliphatic rings. The van der Waals surface area contributed by atoms with E-state index in [2.05, 4.69) is 28.4 Å². The Morgan fingerprint density at radius 2 is 1.82 bits per heavy atom. The lowest BCUT2D eigenvalue weighted by molar-refractivity contribution is -0.116. The molecule has 0 saturated heterocycles. The molecule has 0 fully saturated rings. The number of carbonyl (C=O) groups is 1. The maximum absolute atomic E-state index is 13.1. The Morgan fingerprint density at radius 3 is 2.55 bits per heavy atom. The number of anilines is 1. The summed E-state index contributed by atoms with van der Waals surface area (Å²) in [4.78, 5) is 14.9. The summed E-state index contributed by atoms with van der Waals surface area (Å²) >= 11 is 3.03. The molecule has 1 aliphatic carbocycles. The summed E-state index contributed by atoms with van der Waals surface area (Å²) < 4.78 is 0.814. The molecule has 1 atom stereocenters. The molecule has 1 aliphatic heterocycles. The van der Waals surface area contributed by atoms with Crippen LogP contribution in [0.3, 0.4) is 0 Å². The molecule has 1 unspecified atom stereocenters. The molecule has 2 N–H and O–H groups in total. The van der Waals surface area contributed by atoms with Gasteiger partial charge in [-0.1, -0.05) is 83.8 Å². The molecule has 164 valence electrons. The zero-order valence-electron chi connectivity index (χ0n) is 17.8. The Kier molecular flexibility index (Phi) is 5.99. The van der Waals surface area contributed by atoms with Gasteiger partial charge in [0.1, 0.15) is 5.82 Å². The lowest BCUT2D eigenvalue weighted by atomic mass is 9.76. The highest BCUT2D eigenvalue weighted by Gasteiger charge is 2.41. The lowest BCUT2D eigenvalue weighted by Gasteiger charge is -2.38. The normalized spacial score (nSPS) is 18.3. The number of nitriles is 1. The number of nitrogens with zero attached hydrogens (tertiary/aromatic N) is 4. The van der Waals surface area contributed by atoms with Gasteiger partial charge in [-0.3, -0.25) is 9.69 Å². The number of hydrogen-bond donors (Lipinski definition) is 1. The fourth-order valence-electron chi connectivity index (χ4n) is 4.35. The van der Waals surface area contributed by atoms with E-state index >= 15 is 0 Å². The molecule has 3 aromatic rings. The van der Waals surface area contributed by atoms with Crippen molar-refractivity contribution >= 4 is 34.0 Å². The minimum atomic E-state index is -0.449. The van der Waals surface area contributed by atoms with E-state index in [9.17, 15) is 10.1 Å². The van der Waals surface area contributed by atoms with Gasteiger partial charge in [0.15, 0.2) is 10.1 Å². The molecule has 0 saturated carbocycles. The Balaban J connectivity index is 1.53. The number of rotatable bonds is 5. The van der Waals surface area contributed by atoms with Crippen LogP contribution in [-0.2, 0) is 10.5 Å². The van der Waals surface area contributed by atoms with Gasteiger partial charge >= 0.3 is 0 Å². The van der Waals surface area contributed by atoms with Gasteiger partial charge in [0, 0.05) is 23.4 Å². The van der Waals surface area contributed by atoms with Crippen LogP contribution in [0, 0.1) is 11.3 Å². The Morgan fingerprint density at radius 1 is 1.09 bits per heavy atom. The van der Waals surface area contributed by atoms with Crippen molar-refractivity contribution in [3.8, 4) is 6.07 Å². The van der Waals surface area contributed by atoms with Gasteiger partial charge in [0.2, 0.25) is 5.13 Å². The van der Waals surface area contributed by atoms with Crippen molar-refractivity contribution in [2.45, 2.75) is 35.3 Å². The van der Waals surface area contributed by atoms with Crippen molar-refractivity contribution in [2.75, 3.05) is 4.90 Å². The predicted octanol–water partition coefficient (Wildman–Crippen LogP) is 5.14. The third-order valence-corrected chi connectivity index (χ3v) is 7.95. The second-order valence-electron chi connectivity index (χ2n) is 7.85. The minimum Gasteiger partial charge on any atom is -0.384 e. The van der Waals surface area contributed by atoms with Crippen LogP contribution in [0.5, 0.6) is 0 Å². The minimum absolute atomic E-state index is 0.0681. The zero-order chi connectivity index (χ0) is 22.8. The Hall–Kier alpha value is -3.41. The lowest BCUT2D eigenvalue weighted by Crippen LogP contribution is -2.38. The number of allylic oxidation sites excluding steroid dienone is 3. The molecule has 0 bridgehead atoms. The SMILES string of the molecule is N#CC1=C(N)N(c2nnc(SCc3ccccc3)s2)C2=C(C(=O)CCC2)C1c1ccccc1. The molecule has 6 nitrogen and oxygen atoms in total. The van der Waals surface area contributed by atoms with E-state index in [1.54, 1.807) is 16.7 Å². The fourth-order valence-corrected chi connectivity index (χ4v) is 6.19. The summed E-state index contributed by atoms with van der Waals surface area (Å²) in [6.07, 6.45) is 1.93. The highest BCUT2D eigenvalue weighted by atomic mass is 32.2. The molecule has 33 heavy (non-hydrogen) atoms. The van der Waals surface area contributed by atoms with Gasteiger partial charge < -0.3 is 5.73 Å². The number of Topliss-reactive ketones (excluding diaryl/α,β-unsaturated/α-hetero) is 1. The van der Waals surface area contributed by atoms with Crippen LogP contribution in [-0.4, -0.2) is 16.0 Å². The fraction of sp³-hybridized carbons (Fsp3) is 0.200. The maximum Gasteiger partial charge on any atom is 0.219 e. The van der Waals surface area contributed by atoms with Crippen LogP contribution in [0.15, 0.2) is 87.7 Å². The first-order chi connectivity index (χ1) is 16.2. The van der Waals surface area contributed by atoms with E-state index in [1.807, 2.05) is 48.5 Å². The van der Waals surface area contributed by atoms with Crippen molar-refractivity contribution < 1.29 is 4.79 Å². The molecule has 1 aromatic heterocycles. The standard InChI is InChI=1S/C25H21N5OS2/c26-14-18-21(17-10-5-2-6-11-17)22-19(12-7-13-20(22)31)30(23(18)27)24-28-29-25(33-24)32-15-16-8-3-1-4-9-16/h1-6,8-11,21H,7,12-13,15,27H2. The summed E-state index contributed by atoms with van der Waals surface area (Å²) in [6, 6.07) is 22.1. The summed E-state index contributed by atoms with van der Waals surface area (Å²) in [5.74, 6) is 0.733. The average Bonchev–Trinajstić information content (AvgIpc) is 3.32. The first kappa shape index (κ1) is 21.4. The molecule has 0 radical (unpaired) electrons. The van der Waals surface area contributed by atoms with Crippen LogP contribution in [0.25, 0.3) is 0 Å². The quantitative estimate of drug-likeness (QED) is 0.515. The number of nitrogens with two attached hydrogens (primary N) is 1. The number of aromatic nitrogens is 2. The maximum atomic E-state index is 13.1. The van der Waals surface area contributed by atoms with Gasteiger partial charge in [-0.25, -0.2) is 0 Å². The van der Waals surface area contributed by atoms with Crippen LogP contribution < -0.4 is 10.6 Å². The molecular weight excluding hydrogens is 450 g/mol. The molecule has 2 aromatic carbocycles. The number of ketones is 1. The number of hydrogen-bond acceptors (Lipinski definition) is 8. The molecular formula is C25H21N5OS2. The molecule has 5 rings (SSSR count). The van der Waals surface area contributed by atoms with Crippen LogP contribution in [0.4, 0.5) is 5.13 Å². The van der Waals surface area contributed by atoms with E-state index in [1.165, 1.54) is 16.9 Å². The first-order valence-electron chi connectivity index (χ1n) is 10.7. The van der Waals surface area contributed by atoms with Gasteiger partial charge in [0.25, 0.3) is 0 Å². The number of benzene rings is 2. The third-order valence-electron chi connectivity index (χ3n) is 5.84. The monoisotopic (exact) mass is 471 g/mol. The molecule has 0 amide bonds. The summed E-state index contributed by atoms with van der Waals surface area (Å²) in [6.45, 7) is 0. The van der Waals surface area contributed by atoms with Crippen molar-refractivity contribution in [1.29, 1.82) is 5.26 Å².